The van der Waals surface area contributed by atoms with Gasteiger partial charge in [0.05, 0.1) is 26.3 Å². The van der Waals surface area contributed by atoms with Crippen LogP contribution in [0.25, 0.3) is 11.3 Å². The van der Waals surface area contributed by atoms with E-state index in [0.717, 1.165) is 11.1 Å². The number of benzene rings is 2. The molecule has 3 rings (SSSR count). The maximum Gasteiger partial charge on any atom is 0.230 e. The minimum atomic E-state index is -0.201. The number of nitrogens with one attached hydrogen (secondary N) is 1. The molecule has 0 saturated carbocycles. The zero-order chi connectivity index (χ0) is 19.4. The SMILES string of the molecule is COc1ccc(-c2cc(CC(=O)Nc3cccc(Cl)c3C)no2)cc1OC. The number of hydrogen-bond acceptors (Lipinski definition) is 5. The topological polar surface area (TPSA) is 73.6 Å². The Labute approximate surface area is 162 Å². The van der Waals surface area contributed by atoms with Crippen LogP contribution in [0.15, 0.2) is 47.0 Å². The van der Waals surface area contributed by atoms with Gasteiger partial charge in [-0.2, -0.15) is 0 Å². The fourth-order valence-electron chi connectivity index (χ4n) is 2.62. The molecule has 1 aromatic heterocycles. The Morgan fingerprint density at radius 3 is 2.67 bits per heavy atom. The third kappa shape index (κ3) is 4.23. The van der Waals surface area contributed by atoms with E-state index in [1.807, 2.05) is 13.0 Å². The quantitative estimate of drug-likeness (QED) is 0.675. The number of hydrogen-bond donors (Lipinski definition) is 1. The van der Waals surface area contributed by atoms with Crippen LogP contribution in [-0.4, -0.2) is 25.3 Å². The van der Waals surface area contributed by atoms with Crippen molar-refractivity contribution in [2.75, 3.05) is 19.5 Å². The van der Waals surface area contributed by atoms with Gasteiger partial charge < -0.3 is 19.3 Å². The lowest BCUT2D eigenvalue weighted by Crippen LogP contribution is -2.15. The second-order valence-corrected chi connectivity index (χ2v) is 6.30. The molecule has 140 valence electrons. The largest absolute Gasteiger partial charge is 0.493 e. The van der Waals surface area contributed by atoms with Gasteiger partial charge in [-0.15, -0.1) is 0 Å². The summed E-state index contributed by atoms with van der Waals surface area (Å²) in [4.78, 5) is 12.3. The number of aromatic nitrogens is 1. The molecule has 3 aromatic rings. The van der Waals surface area contributed by atoms with Crippen LogP contribution in [-0.2, 0) is 11.2 Å². The number of amides is 1. The minimum absolute atomic E-state index is 0.0861. The molecule has 0 atom stereocenters. The predicted octanol–water partition coefficient (Wildman–Crippen LogP) is 4.50. The summed E-state index contributed by atoms with van der Waals surface area (Å²) >= 11 is 6.08. The molecule has 0 spiro atoms. The Morgan fingerprint density at radius 2 is 1.93 bits per heavy atom. The van der Waals surface area contributed by atoms with Gasteiger partial charge in [-0.25, -0.2) is 0 Å². The number of rotatable bonds is 6. The molecule has 0 saturated heterocycles. The van der Waals surface area contributed by atoms with Crippen LogP contribution in [0.2, 0.25) is 5.02 Å². The molecule has 0 bridgehead atoms. The highest BCUT2D eigenvalue weighted by molar-refractivity contribution is 6.31. The molecule has 27 heavy (non-hydrogen) atoms. The van der Waals surface area contributed by atoms with Gasteiger partial charge >= 0.3 is 0 Å². The second-order valence-electron chi connectivity index (χ2n) is 5.89. The molecular formula is C20H19ClN2O4. The molecule has 7 heteroatoms. The highest BCUT2D eigenvalue weighted by atomic mass is 35.5. The Hall–Kier alpha value is -2.99. The van der Waals surface area contributed by atoms with E-state index >= 15 is 0 Å². The van der Waals surface area contributed by atoms with Gasteiger partial charge in [0.15, 0.2) is 17.3 Å². The first-order chi connectivity index (χ1) is 13.0. The second kappa shape index (κ2) is 8.14. The fourth-order valence-corrected chi connectivity index (χ4v) is 2.80. The van der Waals surface area contributed by atoms with E-state index in [0.29, 0.717) is 33.7 Å². The van der Waals surface area contributed by atoms with Crippen LogP contribution in [0.3, 0.4) is 0 Å². The monoisotopic (exact) mass is 386 g/mol. The number of carbonyl (C=O) groups is 1. The molecule has 1 N–H and O–H groups in total. The lowest BCUT2D eigenvalue weighted by molar-refractivity contribution is -0.115. The molecule has 0 aliphatic rings. The normalized spacial score (nSPS) is 10.5. The van der Waals surface area contributed by atoms with E-state index in [1.54, 1.807) is 50.6 Å². The first-order valence-electron chi connectivity index (χ1n) is 8.24. The van der Waals surface area contributed by atoms with Gasteiger partial charge in [-0.1, -0.05) is 22.8 Å². The van der Waals surface area contributed by atoms with Crippen molar-refractivity contribution in [1.82, 2.24) is 5.16 Å². The van der Waals surface area contributed by atoms with Crippen molar-refractivity contribution < 1.29 is 18.8 Å². The average Bonchev–Trinajstić information content (AvgIpc) is 3.13. The van der Waals surface area contributed by atoms with Crippen molar-refractivity contribution in [1.29, 1.82) is 0 Å². The van der Waals surface area contributed by atoms with E-state index in [1.165, 1.54) is 0 Å². The van der Waals surface area contributed by atoms with E-state index in [4.69, 9.17) is 25.6 Å². The first kappa shape index (κ1) is 18.8. The number of methoxy groups -OCH3 is 2. The van der Waals surface area contributed by atoms with Gasteiger partial charge in [-0.3, -0.25) is 4.79 Å². The van der Waals surface area contributed by atoms with Crippen molar-refractivity contribution in [2.24, 2.45) is 0 Å². The fraction of sp³-hybridized carbons (Fsp3) is 0.200. The summed E-state index contributed by atoms with van der Waals surface area (Å²) in [6.45, 7) is 1.85. The summed E-state index contributed by atoms with van der Waals surface area (Å²) < 4.78 is 15.9. The lowest BCUT2D eigenvalue weighted by Gasteiger charge is -2.08. The van der Waals surface area contributed by atoms with Crippen LogP contribution < -0.4 is 14.8 Å². The Balaban J connectivity index is 1.72. The summed E-state index contributed by atoms with van der Waals surface area (Å²) in [5, 5.41) is 7.42. The summed E-state index contributed by atoms with van der Waals surface area (Å²) in [6, 6.07) is 12.5. The van der Waals surface area contributed by atoms with E-state index in [9.17, 15) is 4.79 Å². The molecule has 0 fully saturated rings. The maximum absolute atomic E-state index is 12.3. The smallest absolute Gasteiger partial charge is 0.230 e. The van der Waals surface area contributed by atoms with Crippen LogP contribution in [0.5, 0.6) is 11.5 Å². The third-order valence-electron chi connectivity index (χ3n) is 4.11. The van der Waals surface area contributed by atoms with E-state index in [2.05, 4.69) is 10.5 Å². The third-order valence-corrected chi connectivity index (χ3v) is 4.52. The summed E-state index contributed by atoms with van der Waals surface area (Å²) in [5.41, 5.74) is 2.80. The molecule has 0 radical (unpaired) electrons. The van der Waals surface area contributed by atoms with E-state index in [-0.39, 0.29) is 12.3 Å². The molecule has 1 amide bonds. The Kier molecular flexibility index (Phi) is 5.66. The van der Waals surface area contributed by atoms with Crippen molar-refractivity contribution in [3.63, 3.8) is 0 Å². The summed E-state index contributed by atoms with van der Waals surface area (Å²) in [7, 11) is 3.14. The number of anilines is 1. The van der Waals surface area contributed by atoms with Gasteiger partial charge in [-0.05, 0) is 42.8 Å². The molecule has 6 nitrogen and oxygen atoms in total. The molecule has 0 aliphatic heterocycles. The molecule has 2 aromatic carbocycles. The Bertz CT molecular complexity index is 968. The highest BCUT2D eigenvalue weighted by Crippen LogP contribution is 2.32. The molecule has 0 aliphatic carbocycles. The van der Waals surface area contributed by atoms with Crippen molar-refractivity contribution in [2.45, 2.75) is 13.3 Å². The number of carbonyl (C=O) groups excluding carboxylic acids is 1. The molecular weight excluding hydrogens is 368 g/mol. The summed E-state index contributed by atoms with van der Waals surface area (Å²) in [6.07, 6.45) is 0.0861. The van der Waals surface area contributed by atoms with Crippen LogP contribution >= 0.6 is 11.6 Å². The summed E-state index contributed by atoms with van der Waals surface area (Å²) in [5.74, 6) is 1.55. The van der Waals surface area contributed by atoms with Crippen molar-refractivity contribution in [3.05, 3.63) is 58.7 Å². The van der Waals surface area contributed by atoms with Crippen LogP contribution in [0, 0.1) is 6.92 Å². The van der Waals surface area contributed by atoms with Gasteiger partial charge in [0, 0.05) is 22.3 Å². The molecule has 1 heterocycles. The van der Waals surface area contributed by atoms with Crippen molar-refractivity contribution >= 4 is 23.2 Å². The lowest BCUT2D eigenvalue weighted by atomic mass is 10.1. The number of ether oxygens (including phenoxy) is 2. The predicted molar refractivity (Wildman–Crippen MR) is 104 cm³/mol. The zero-order valence-corrected chi connectivity index (χ0v) is 16.0. The molecule has 0 unspecified atom stereocenters. The van der Waals surface area contributed by atoms with Gasteiger partial charge in [0.2, 0.25) is 5.91 Å². The zero-order valence-electron chi connectivity index (χ0n) is 15.2. The highest BCUT2D eigenvalue weighted by Gasteiger charge is 2.14. The Morgan fingerprint density at radius 1 is 1.15 bits per heavy atom. The van der Waals surface area contributed by atoms with Crippen LogP contribution in [0.4, 0.5) is 5.69 Å². The van der Waals surface area contributed by atoms with Crippen LogP contribution in [0.1, 0.15) is 11.3 Å². The van der Waals surface area contributed by atoms with Crippen molar-refractivity contribution in [3.8, 4) is 22.8 Å². The average molecular weight is 387 g/mol. The standard InChI is InChI=1S/C20H19ClN2O4/c1-12-15(21)5-4-6-16(12)22-20(24)11-14-10-18(27-23-14)13-7-8-17(25-2)19(9-13)26-3/h4-10H,11H2,1-3H3,(H,22,24). The van der Waals surface area contributed by atoms with Gasteiger partial charge in [0.1, 0.15) is 0 Å². The van der Waals surface area contributed by atoms with E-state index < -0.39 is 0 Å². The van der Waals surface area contributed by atoms with Gasteiger partial charge in [0.25, 0.3) is 0 Å². The minimum Gasteiger partial charge on any atom is -0.493 e. The maximum atomic E-state index is 12.3. The number of halogens is 1. The first-order valence-corrected chi connectivity index (χ1v) is 8.62. The number of nitrogens with zero attached hydrogens (tertiary/aromatic N) is 1.